The van der Waals surface area contributed by atoms with Crippen LogP contribution in [0.25, 0.3) is 0 Å². The predicted molar refractivity (Wildman–Crippen MR) is 356 cm³/mol. The Hall–Kier alpha value is -7.65. The number of carboxylic acid groups (broad SMARTS) is 2. The molecule has 1 aromatic carbocycles. The van der Waals surface area contributed by atoms with Crippen molar-refractivity contribution in [2.45, 2.75) is 69.0 Å². The zero-order chi connectivity index (χ0) is 77.4. The van der Waals surface area contributed by atoms with Gasteiger partial charge in [-0.25, -0.2) is 43.4 Å². The monoisotopic (exact) mass is 1510 g/mol. The SMILES string of the molecule is C#CCOCCOCCOCCOCCN(CCOCCN(C)C(=O)OC([C@H](O)CO)[C@@H]1OC(C(=O)O)=C[C@H](N=C(N)N)[C@H]1C)CCOCCN(C)C(=O)O[C@@H]([C@@H]1OC(C(=O)O)=C[C@H](N=C(N)N)[C@H]1C)[C@H](O)CO.NNNCCOCCOCCOCCOCCC(=O)Oc1c(F)c(F)cc(F)c1F. The highest BCUT2D eigenvalue weighted by Gasteiger charge is 2.46. The first-order chi connectivity index (χ1) is 49.7. The number of guanidine groups is 2. The van der Waals surface area contributed by atoms with Gasteiger partial charge in [0.2, 0.25) is 28.9 Å². The summed E-state index contributed by atoms with van der Waals surface area (Å²) < 4.78 is 134. The van der Waals surface area contributed by atoms with Crippen molar-refractivity contribution in [3.8, 4) is 18.1 Å². The van der Waals surface area contributed by atoms with E-state index >= 15 is 0 Å². The van der Waals surface area contributed by atoms with Gasteiger partial charge in [-0.2, -0.15) is 14.3 Å². The number of nitrogens with zero attached hydrogens (tertiary/aromatic N) is 5. The molecule has 0 saturated carbocycles. The lowest BCUT2D eigenvalue weighted by atomic mass is 9.87. The summed E-state index contributed by atoms with van der Waals surface area (Å²) in [6.07, 6.45) is -3.65. The van der Waals surface area contributed by atoms with E-state index in [0.717, 1.165) is 9.80 Å². The largest absolute Gasteiger partial charge is 0.479 e. The maximum atomic E-state index is 13.4. The molecular weight excluding hydrogens is 1400 g/mol. The quantitative estimate of drug-likeness (QED) is 0.00287. The number of benzene rings is 1. The van der Waals surface area contributed by atoms with Crippen molar-refractivity contribution in [1.29, 1.82) is 0 Å². The summed E-state index contributed by atoms with van der Waals surface area (Å²) in [5.74, 6) is -8.12. The fraction of sp³-hybridized carbons (Fsp3) is 0.694. The van der Waals surface area contributed by atoms with Crippen molar-refractivity contribution in [3.05, 3.63) is 53.0 Å². The van der Waals surface area contributed by atoms with Gasteiger partial charge in [0, 0.05) is 71.3 Å². The first kappa shape index (κ1) is 92.4. The van der Waals surface area contributed by atoms with Crippen LogP contribution in [-0.2, 0) is 80.7 Å². The number of aliphatic hydroxyl groups is 4. The van der Waals surface area contributed by atoms with Crippen LogP contribution in [0.3, 0.4) is 0 Å². The number of nitrogens with two attached hydrogens (primary N) is 5. The second kappa shape index (κ2) is 54.0. The van der Waals surface area contributed by atoms with E-state index in [9.17, 15) is 72.2 Å². The average molecular weight is 1510 g/mol. The number of carboxylic acids is 2. The zero-order valence-electron chi connectivity index (χ0n) is 58.6. The van der Waals surface area contributed by atoms with Crippen LogP contribution in [0.2, 0.25) is 0 Å². The molecule has 2 aliphatic rings. The van der Waals surface area contributed by atoms with Gasteiger partial charge in [0.15, 0.2) is 35.8 Å². The highest BCUT2D eigenvalue weighted by Crippen LogP contribution is 2.33. The van der Waals surface area contributed by atoms with Gasteiger partial charge < -0.3 is 134 Å². The minimum absolute atomic E-state index is 0.0183. The van der Waals surface area contributed by atoms with Gasteiger partial charge in [0.1, 0.15) is 31.0 Å². The number of rotatable bonds is 54. The van der Waals surface area contributed by atoms with Crippen molar-refractivity contribution >= 4 is 42.0 Å². The first-order valence-corrected chi connectivity index (χ1v) is 32.7. The summed E-state index contributed by atoms with van der Waals surface area (Å²) in [4.78, 5) is 74.0. The third kappa shape index (κ3) is 37.4. The minimum Gasteiger partial charge on any atom is -0.479 e. The maximum absolute atomic E-state index is 13.4. The molecule has 104 heavy (non-hydrogen) atoms. The number of ether oxygens (including phenoxy) is 15. The van der Waals surface area contributed by atoms with E-state index < -0.39 is 144 Å². The number of halogens is 4. The third-order valence-corrected chi connectivity index (χ3v) is 14.6. The van der Waals surface area contributed by atoms with E-state index in [1.54, 1.807) is 13.8 Å². The van der Waals surface area contributed by atoms with Gasteiger partial charge in [-0.3, -0.25) is 15.5 Å². The standard InChI is InChI=1S/C45H77N9O20.C17H25F4N3O6/c1-6-12-65-18-20-69-22-23-70-21-19-68-17-11-54(9-15-66-13-7-52(4)44(63)73-38(32(57)26-55)36-28(2)30(50-42(46)47)24-34(71-36)40(59)60)10-16-67-14-8-53(5)45(64)74-39(33(58)27-56)37-29(3)31(51-43(48)49)25-35(72-37)41(61)62;18-12-11-13(19)16(21)17(15(12)20)30-14(25)1-3-26-5-7-28-9-10-29-8-6-27-4-2-23-24-22/h1,24-25,28-33,36-39,55-58H,7-23,26-27H2,2-5H3,(H,59,60)(H,61,62)(H4,46,47,50)(H4,48,49,51);11,23-24H,1-10,22H2/t28-,29-,30+,31+,32-,33-,36-,37-,38-,39?;/m1./s1. The first-order valence-electron chi connectivity index (χ1n) is 32.7. The van der Waals surface area contributed by atoms with Crippen LogP contribution in [0.5, 0.6) is 5.75 Å². The number of carbonyl (C=O) groups is 5. The van der Waals surface area contributed by atoms with Crippen molar-refractivity contribution in [1.82, 2.24) is 25.7 Å². The number of likely N-dealkylation sites (N-methyl/N-ethyl adjacent to an activating group) is 2. The Morgan fingerprint density at radius 1 is 0.567 bits per heavy atom. The molecule has 10 atom stereocenters. The molecule has 2 heterocycles. The summed E-state index contributed by atoms with van der Waals surface area (Å²) in [5.41, 5.74) is 27.1. The number of hydrogen-bond acceptors (Lipinski definition) is 30. The predicted octanol–water partition coefficient (Wildman–Crippen LogP) is -3.53. The van der Waals surface area contributed by atoms with Crippen LogP contribution in [0, 0.1) is 47.4 Å². The van der Waals surface area contributed by atoms with E-state index in [2.05, 4.69) is 31.6 Å². The summed E-state index contributed by atoms with van der Waals surface area (Å²) in [6, 6.07) is -1.80. The van der Waals surface area contributed by atoms with E-state index in [0.29, 0.717) is 105 Å². The molecule has 0 bridgehead atoms. The van der Waals surface area contributed by atoms with Crippen LogP contribution in [0.1, 0.15) is 20.3 Å². The van der Waals surface area contributed by atoms with E-state index in [1.165, 1.54) is 26.2 Å². The number of hydrazine groups is 2. The lowest BCUT2D eigenvalue weighted by Gasteiger charge is -2.38. The molecule has 42 heteroatoms. The number of aliphatic imine (C=N–C) groups is 2. The molecule has 3 rings (SSSR count). The molecule has 0 aromatic heterocycles. The second-order valence-electron chi connectivity index (χ2n) is 22.4. The molecule has 1 aromatic rings. The fourth-order valence-corrected chi connectivity index (χ4v) is 8.98. The normalized spacial score (nSPS) is 18.1. The lowest BCUT2D eigenvalue weighted by Crippen LogP contribution is -2.52. The Morgan fingerprint density at radius 3 is 1.27 bits per heavy atom. The number of esters is 1. The van der Waals surface area contributed by atoms with Crippen LogP contribution >= 0.6 is 0 Å². The van der Waals surface area contributed by atoms with Crippen molar-refractivity contribution in [2.75, 3.05) is 199 Å². The van der Waals surface area contributed by atoms with Gasteiger partial charge in [0.25, 0.3) is 0 Å². The van der Waals surface area contributed by atoms with Crippen molar-refractivity contribution in [2.24, 2.45) is 50.6 Å². The van der Waals surface area contributed by atoms with Gasteiger partial charge in [-0.15, -0.1) is 6.42 Å². The summed E-state index contributed by atoms with van der Waals surface area (Å²) >= 11 is 0. The zero-order valence-corrected chi connectivity index (χ0v) is 58.6. The Balaban J connectivity index is 0.00000102. The second-order valence-corrected chi connectivity index (χ2v) is 22.4. The molecule has 0 aliphatic carbocycles. The number of aliphatic carboxylic acids is 2. The van der Waals surface area contributed by atoms with Crippen molar-refractivity contribution in [3.63, 3.8) is 0 Å². The van der Waals surface area contributed by atoms with Gasteiger partial charge >= 0.3 is 30.1 Å². The van der Waals surface area contributed by atoms with E-state index in [4.69, 9.17) is 102 Å². The van der Waals surface area contributed by atoms with Crippen molar-refractivity contribution < 1.29 is 143 Å². The number of aliphatic hydroxyl groups excluding tert-OH is 4. The minimum atomic E-state index is -1.79. The lowest BCUT2D eigenvalue weighted by molar-refractivity contribution is -0.148. The molecule has 2 amide bonds. The maximum Gasteiger partial charge on any atom is 0.410 e. The Bertz CT molecular complexity index is 2700. The molecular formula is C62H102F4N12O26. The summed E-state index contributed by atoms with van der Waals surface area (Å²) in [6.45, 7) is 8.76. The Kier molecular flexibility index (Phi) is 48.0. The fourth-order valence-electron chi connectivity index (χ4n) is 8.98. The number of terminal acetylenes is 1. The van der Waals surface area contributed by atoms with E-state index in [-0.39, 0.29) is 90.4 Å². The third-order valence-electron chi connectivity index (χ3n) is 14.6. The van der Waals surface area contributed by atoms with Gasteiger partial charge in [-0.05, 0) is 12.2 Å². The summed E-state index contributed by atoms with van der Waals surface area (Å²) in [5, 5.41) is 60.2. The van der Waals surface area contributed by atoms with Gasteiger partial charge in [-0.1, -0.05) is 19.8 Å². The molecule has 0 spiro atoms. The number of nitrogens with one attached hydrogen (secondary N) is 2. The molecule has 18 N–H and O–H groups in total. The van der Waals surface area contributed by atoms with Crippen LogP contribution in [0.15, 0.2) is 39.7 Å². The number of hydrogen-bond donors (Lipinski definition) is 13. The molecule has 0 saturated heterocycles. The Morgan fingerprint density at radius 2 is 0.913 bits per heavy atom. The summed E-state index contributed by atoms with van der Waals surface area (Å²) in [7, 11) is 2.83. The van der Waals surface area contributed by atoms with Gasteiger partial charge in [0.05, 0.1) is 157 Å². The molecule has 38 nitrogen and oxygen atoms in total. The topological polar surface area (TPSA) is 534 Å². The highest BCUT2D eigenvalue weighted by atomic mass is 19.2. The smallest absolute Gasteiger partial charge is 0.410 e. The average Bonchev–Trinajstić information content (AvgIpc) is 0.809. The molecule has 0 fully saturated rings. The molecule has 594 valence electrons. The van der Waals surface area contributed by atoms with Crippen LogP contribution < -0.4 is 44.5 Å². The van der Waals surface area contributed by atoms with Crippen LogP contribution in [-0.4, -0.2) is 335 Å². The molecule has 1 unspecified atom stereocenters. The number of carbonyl (C=O) groups excluding carboxylic acids is 3. The van der Waals surface area contributed by atoms with E-state index in [1.807, 2.05) is 4.90 Å². The molecule has 2 aliphatic heterocycles. The highest BCUT2D eigenvalue weighted by molar-refractivity contribution is 5.85. The molecule has 0 radical (unpaired) electrons. The number of amides is 2. The van der Waals surface area contributed by atoms with Crippen LogP contribution in [0.4, 0.5) is 27.2 Å². The Labute approximate surface area is 598 Å².